The number of rotatable bonds is 1. The van der Waals surface area contributed by atoms with Crippen molar-refractivity contribution in [2.24, 2.45) is 0 Å². The van der Waals surface area contributed by atoms with Crippen LogP contribution in [0.3, 0.4) is 0 Å². The van der Waals surface area contributed by atoms with E-state index in [1.165, 1.54) is 6.26 Å². The fourth-order valence-corrected chi connectivity index (χ4v) is 0.939. The van der Waals surface area contributed by atoms with E-state index < -0.39 is 0 Å². The third kappa shape index (κ3) is 1.14. The highest BCUT2D eigenvalue weighted by Crippen LogP contribution is 2.14. The maximum atomic E-state index is 5.50. The zero-order valence-corrected chi connectivity index (χ0v) is 6.27. The lowest BCUT2D eigenvalue weighted by Crippen LogP contribution is -1.90. The minimum atomic E-state index is 0.482. The van der Waals surface area contributed by atoms with Crippen LogP contribution in [0.25, 0.3) is 11.4 Å². The highest BCUT2D eigenvalue weighted by atomic mass is 16.5. The molecule has 2 rings (SSSR count). The Labute approximate surface area is 69.0 Å². The lowest BCUT2D eigenvalue weighted by atomic mass is 10.3. The molecule has 0 amide bonds. The van der Waals surface area contributed by atoms with Crippen molar-refractivity contribution in [1.82, 2.24) is 10.1 Å². The lowest BCUT2D eigenvalue weighted by Gasteiger charge is -1.94. The molecule has 4 heteroatoms. The predicted octanol–water partition coefficient (Wildman–Crippen LogP) is 1.32. The summed E-state index contributed by atoms with van der Waals surface area (Å²) in [4.78, 5) is 4.07. The van der Waals surface area contributed by atoms with E-state index in [1.807, 2.05) is 12.1 Å². The van der Waals surface area contributed by atoms with E-state index in [4.69, 9.17) is 5.73 Å². The SMILES string of the molecule is Nc1cccc(-c2ccon2)n1. The fourth-order valence-electron chi connectivity index (χ4n) is 0.939. The molecule has 0 aromatic carbocycles. The molecule has 0 bridgehead atoms. The van der Waals surface area contributed by atoms with Gasteiger partial charge in [-0.15, -0.1) is 0 Å². The Hall–Kier alpha value is -1.84. The molecule has 0 aliphatic heterocycles. The first-order valence-corrected chi connectivity index (χ1v) is 3.49. The Kier molecular flexibility index (Phi) is 1.51. The first-order valence-electron chi connectivity index (χ1n) is 3.49. The molecule has 0 spiro atoms. The minimum Gasteiger partial charge on any atom is -0.384 e. The van der Waals surface area contributed by atoms with Crippen molar-refractivity contribution in [1.29, 1.82) is 0 Å². The Balaban J connectivity index is 2.48. The summed E-state index contributed by atoms with van der Waals surface area (Å²) in [6, 6.07) is 7.12. The van der Waals surface area contributed by atoms with Crippen molar-refractivity contribution < 1.29 is 4.52 Å². The Morgan fingerprint density at radius 3 is 2.75 bits per heavy atom. The second-order valence-corrected chi connectivity index (χ2v) is 2.33. The van der Waals surface area contributed by atoms with Crippen LogP contribution in [0, 0.1) is 0 Å². The van der Waals surface area contributed by atoms with Crippen LogP contribution in [0.4, 0.5) is 5.82 Å². The molecule has 2 heterocycles. The molecule has 2 N–H and O–H groups in total. The van der Waals surface area contributed by atoms with Crippen LogP contribution in [0.1, 0.15) is 0 Å². The summed E-state index contributed by atoms with van der Waals surface area (Å²) in [6.07, 6.45) is 1.50. The van der Waals surface area contributed by atoms with Crippen LogP contribution >= 0.6 is 0 Å². The normalized spacial score (nSPS) is 10.0. The van der Waals surface area contributed by atoms with E-state index in [-0.39, 0.29) is 0 Å². The largest absolute Gasteiger partial charge is 0.384 e. The molecular weight excluding hydrogens is 154 g/mol. The zero-order chi connectivity index (χ0) is 8.39. The molecule has 12 heavy (non-hydrogen) atoms. The van der Waals surface area contributed by atoms with E-state index in [0.717, 1.165) is 5.69 Å². The molecule has 60 valence electrons. The van der Waals surface area contributed by atoms with Crippen LogP contribution < -0.4 is 5.73 Å². The van der Waals surface area contributed by atoms with Crippen LogP contribution in [-0.2, 0) is 0 Å². The van der Waals surface area contributed by atoms with E-state index in [0.29, 0.717) is 11.5 Å². The van der Waals surface area contributed by atoms with E-state index >= 15 is 0 Å². The van der Waals surface area contributed by atoms with Crippen molar-refractivity contribution in [2.45, 2.75) is 0 Å². The van der Waals surface area contributed by atoms with Gasteiger partial charge in [0.1, 0.15) is 17.8 Å². The zero-order valence-electron chi connectivity index (χ0n) is 6.27. The van der Waals surface area contributed by atoms with Gasteiger partial charge < -0.3 is 10.3 Å². The second kappa shape index (κ2) is 2.65. The molecule has 0 atom stereocenters. The Morgan fingerprint density at radius 2 is 2.08 bits per heavy atom. The molecule has 2 aromatic heterocycles. The Morgan fingerprint density at radius 1 is 1.17 bits per heavy atom. The molecule has 4 nitrogen and oxygen atoms in total. The summed E-state index contributed by atoms with van der Waals surface area (Å²) in [5, 5.41) is 3.73. The van der Waals surface area contributed by atoms with Gasteiger partial charge in [-0.05, 0) is 12.1 Å². The number of anilines is 1. The molecule has 0 aliphatic carbocycles. The van der Waals surface area contributed by atoms with Gasteiger partial charge in [-0.1, -0.05) is 11.2 Å². The summed E-state index contributed by atoms with van der Waals surface area (Å²) in [7, 11) is 0. The second-order valence-electron chi connectivity index (χ2n) is 2.33. The number of nitrogens with zero attached hydrogens (tertiary/aromatic N) is 2. The topological polar surface area (TPSA) is 64.9 Å². The van der Waals surface area contributed by atoms with Crippen LogP contribution in [0.5, 0.6) is 0 Å². The molecule has 0 fully saturated rings. The van der Waals surface area contributed by atoms with Crippen LogP contribution in [0.2, 0.25) is 0 Å². The average Bonchev–Trinajstić information content (AvgIpc) is 2.56. The van der Waals surface area contributed by atoms with Crippen LogP contribution in [0.15, 0.2) is 35.1 Å². The van der Waals surface area contributed by atoms with Gasteiger partial charge in [0.05, 0.1) is 5.69 Å². The van der Waals surface area contributed by atoms with Crippen molar-refractivity contribution in [2.75, 3.05) is 5.73 Å². The third-order valence-corrected chi connectivity index (χ3v) is 1.47. The molecular formula is C8H7N3O. The summed E-state index contributed by atoms with van der Waals surface area (Å²) >= 11 is 0. The molecule has 0 saturated heterocycles. The van der Waals surface area contributed by atoms with Gasteiger partial charge >= 0.3 is 0 Å². The molecule has 2 aromatic rings. The lowest BCUT2D eigenvalue weighted by molar-refractivity contribution is 0.422. The summed E-state index contributed by atoms with van der Waals surface area (Å²) in [6.45, 7) is 0. The number of hydrogen-bond donors (Lipinski definition) is 1. The summed E-state index contributed by atoms with van der Waals surface area (Å²) < 4.78 is 4.68. The molecule has 0 saturated carbocycles. The monoisotopic (exact) mass is 161 g/mol. The van der Waals surface area contributed by atoms with Crippen molar-refractivity contribution >= 4 is 5.82 Å². The quantitative estimate of drug-likeness (QED) is 0.685. The molecule has 0 radical (unpaired) electrons. The van der Waals surface area contributed by atoms with E-state index in [9.17, 15) is 0 Å². The van der Waals surface area contributed by atoms with Gasteiger partial charge in [-0.2, -0.15) is 0 Å². The average molecular weight is 161 g/mol. The van der Waals surface area contributed by atoms with Crippen molar-refractivity contribution in [3.63, 3.8) is 0 Å². The number of nitrogens with two attached hydrogens (primary N) is 1. The van der Waals surface area contributed by atoms with Gasteiger partial charge in [-0.25, -0.2) is 4.98 Å². The number of pyridine rings is 1. The number of aromatic nitrogens is 2. The first-order chi connectivity index (χ1) is 5.86. The van der Waals surface area contributed by atoms with E-state index in [1.54, 1.807) is 12.1 Å². The Bertz CT molecular complexity index is 370. The maximum Gasteiger partial charge on any atom is 0.132 e. The molecule has 0 aliphatic rings. The van der Waals surface area contributed by atoms with Gasteiger partial charge in [0.15, 0.2) is 0 Å². The fraction of sp³-hybridized carbons (Fsp3) is 0. The predicted molar refractivity (Wildman–Crippen MR) is 44.1 cm³/mol. The van der Waals surface area contributed by atoms with Gasteiger partial charge in [0, 0.05) is 6.07 Å². The summed E-state index contributed by atoms with van der Waals surface area (Å²) in [5.74, 6) is 0.482. The van der Waals surface area contributed by atoms with Gasteiger partial charge in [0.2, 0.25) is 0 Å². The number of nitrogen functional groups attached to an aromatic ring is 1. The third-order valence-electron chi connectivity index (χ3n) is 1.47. The minimum absolute atomic E-state index is 0.482. The van der Waals surface area contributed by atoms with Crippen LogP contribution in [-0.4, -0.2) is 10.1 Å². The van der Waals surface area contributed by atoms with E-state index in [2.05, 4.69) is 14.7 Å². The summed E-state index contributed by atoms with van der Waals surface area (Å²) in [5.41, 5.74) is 6.92. The number of hydrogen-bond acceptors (Lipinski definition) is 4. The first kappa shape index (κ1) is 6.84. The van der Waals surface area contributed by atoms with Crippen molar-refractivity contribution in [3.8, 4) is 11.4 Å². The molecule has 0 unspecified atom stereocenters. The van der Waals surface area contributed by atoms with Crippen molar-refractivity contribution in [3.05, 3.63) is 30.5 Å². The highest BCUT2D eigenvalue weighted by molar-refractivity contribution is 5.54. The smallest absolute Gasteiger partial charge is 0.132 e. The van der Waals surface area contributed by atoms with Gasteiger partial charge in [-0.3, -0.25) is 0 Å². The maximum absolute atomic E-state index is 5.50. The standard InChI is InChI=1S/C8H7N3O/c9-8-3-1-2-6(10-8)7-4-5-12-11-7/h1-5H,(H2,9,10). The highest BCUT2D eigenvalue weighted by Gasteiger charge is 2.01. The van der Waals surface area contributed by atoms with Gasteiger partial charge in [0.25, 0.3) is 0 Å².